The summed E-state index contributed by atoms with van der Waals surface area (Å²) >= 11 is 3.06. The molecule has 5 nitrogen and oxygen atoms in total. The third-order valence-corrected chi connectivity index (χ3v) is 4.40. The molecule has 1 fully saturated rings. The first-order valence-corrected chi connectivity index (χ1v) is 8.59. The second-order valence-corrected chi connectivity index (χ2v) is 6.75. The van der Waals surface area contributed by atoms with Gasteiger partial charge in [0.15, 0.2) is 0 Å². The Labute approximate surface area is 151 Å². The summed E-state index contributed by atoms with van der Waals surface area (Å²) < 4.78 is 45.9. The van der Waals surface area contributed by atoms with Crippen molar-refractivity contribution in [3.63, 3.8) is 0 Å². The number of aromatic nitrogens is 3. The Balaban J connectivity index is 1.71. The van der Waals surface area contributed by atoms with Crippen molar-refractivity contribution in [2.24, 2.45) is 5.92 Å². The molecule has 1 saturated heterocycles. The number of piperidine rings is 1. The van der Waals surface area contributed by atoms with Crippen LogP contribution < -0.4 is 9.64 Å². The highest BCUT2D eigenvalue weighted by atomic mass is 79.9. The van der Waals surface area contributed by atoms with E-state index in [9.17, 15) is 13.2 Å². The van der Waals surface area contributed by atoms with Crippen molar-refractivity contribution in [1.82, 2.24) is 15.0 Å². The first-order valence-electron chi connectivity index (χ1n) is 7.80. The van der Waals surface area contributed by atoms with Gasteiger partial charge >= 0.3 is 6.18 Å². The van der Waals surface area contributed by atoms with Gasteiger partial charge in [-0.3, -0.25) is 4.98 Å². The number of nitrogens with zero attached hydrogens (tertiary/aromatic N) is 4. The molecule has 3 heterocycles. The average molecular weight is 417 g/mol. The third kappa shape index (κ3) is 4.59. The van der Waals surface area contributed by atoms with Crippen molar-refractivity contribution in [2.45, 2.75) is 19.0 Å². The molecule has 0 amide bonds. The highest BCUT2D eigenvalue weighted by Gasteiger charge is 2.37. The maximum absolute atomic E-state index is 13.3. The van der Waals surface area contributed by atoms with Crippen molar-refractivity contribution in [3.8, 4) is 5.88 Å². The van der Waals surface area contributed by atoms with Crippen LogP contribution in [0.1, 0.15) is 18.4 Å². The van der Waals surface area contributed by atoms with E-state index in [4.69, 9.17) is 4.74 Å². The molecule has 0 bridgehead atoms. The van der Waals surface area contributed by atoms with Gasteiger partial charge in [-0.1, -0.05) is 0 Å². The number of ether oxygens (including phenoxy) is 1. The van der Waals surface area contributed by atoms with Gasteiger partial charge < -0.3 is 9.64 Å². The molecule has 2 aromatic rings. The number of pyridine rings is 1. The smallest absolute Gasteiger partial charge is 0.419 e. The zero-order chi connectivity index (χ0) is 17.9. The fourth-order valence-electron chi connectivity index (χ4n) is 2.85. The Bertz CT molecular complexity index is 714. The second-order valence-electron chi connectivity index (χ2n) is 5.83. The Morgan fingerprint density at radius 1 is 1.24 bits per heavy atom. The van der Waals surface area contributed by atoms with Crippen LogP contribution in [0.25, 0.3) is 0 Å². The van der Waals surface area contributed by atoms with E-state index in [-0.39, 0.29) is 11.7 Å². The molecule has 2 aromatic heterocycles. The summed E-state index contributed by atoms with van der Waals surface area (Å²) in [5.74, 6) is 0.486. The van der Waals surface area contributed by atoms with Crippen LogP contribution in [0.15, 0.2) is 35.3 Å². The van der Waals surface area contributed by atoms with E-state index in [2.05, 4.69) is 30.9 Å². The molecule has 9 heteroatoms. The summed E-state index contributed by atoms with van der Waals surface area (Å²) in [7, 11) is 0. The number of hydrogen-bond acceptors (Lipinski definition) is 5. The lowest BCUT2D eigenvalue weighted by atomic mass is 9.98. The van der Waals surface area contributed by atoms with Crippen molar-refractivity contribution in [2.75, 3.05) is 24.6 Å². The van der Waals surface area contributed by atoms with Crippen LogP contribution in [0.4, 0.5) is 19.0 Å². The molecule has 0 radical (unpaired) electrons. The fourth-order valence-corrected chi connectivity index (χ4v) is 3.18. The minimum Gasteiger partial charge on any atom is -0.476 e. The largest absolute Gasteiger partial charge is 0.476 e. The molecular weight excluding hydrogens is 401 g/mol. The Morgan fingerprint density at radius 3 is 2.80 bits per heavy atom. The molecule has 0 N–H and O–H groups in total. The fraction of sp³-hybridized carbons (Fsp3) is 0.438. The molecule has 0 spiro atoms. The summed E-state index contributed by atoms with van der Waals surface area (Å²) in [6, 6.07) is 1.07. The van der Waals surface area contributed by atoms with E-state index in [1.807, 2.05) is 0 Å². The van der Waals surface area contributed by atoms with Crippen LogP contribution in [0.2, 0.25) is 0 Å². The van der Waals surface area contributed by atoms with E-state index in [1.165, 1.54) is 18.6 Å². The van der Waals surface area contributed by atoms with Crippen molar-refractivity contribution in [3.05, 3.63) is 40.9 Å². The highest BCUT2D eigenvalue weighted by Crippen LogP contribution is 2.38. The monoisotopic (exact) mass is 416 g/mol. The molecule has 1 aliphatic rings. The summed E-state index contributed by atoms with van der Waals surface area (Å²) in [5, 5.41) is 0. The average Bonchev–Trinajstić information content (AvgIpc) is 2.60. The molecule has 1 aliphatic heterocycles. The van der Waals surface area contributed by atoms with E-state index in [0.717, 1.165) is 18.9 Å². The molecule has 1 unspecified atom stereocenters. The molecule has 1 atom stereocenters. The summed E-state index contributed by atoms with van der Waals surface area (Å²) in [4.78, 5) is 13.7. The van der Waals surface area contributed by atoms with Gasteiger partial charge in [0.25, 0.3) is 0 Å². The van der Waals surface area contributed by atoms with Gasteiger partial charge in [-0.25, -0.2) is 9.97 Å². The summed E-state index contributed by atoms with van der Waals surface area (Å²) in [6.45, 7) is 1.38. The van der Waals surface area contributed by atoms with Crippen LogP contribution in [0.3, 0.4) is 0 Å². The van der Waals surface area contributed by atoms with Gasteiger partial charge in [0.1, 0.15) is 5.82 Å². The predicted molar refractivity (Wildman–Crippen MR) is 89.4 cm³/mol. The zero-order valence-corrected chi connectivity index (χ0v) is 14.8. The molecule has 0 aromatic carbocycles. The van der Waals surface area contributed by atoms with Gasteiger partial charge in [-0.2, -0.15) is 13.2 Å². The van der Waals surface area contributed by atoms with Crippen molar-refractivity contribution >= 4 is 21.7 Å². The van der Waals surface area contributed by atoms with E-state index < -0.39 is 11.7 Å². The lowest BCUT2D eigenvalue weighted by molar-refractivity contribution is -0.137. The van der Waals surface area contributed by atoms with E-state index in [0.29, 0.717) is 30.0 Å². The minimum atomic E-state index is -4.45. The normalized spacial score (nSPS) is 18.2. The summed E-state index contributed by atoms with van der Waals surface area (Å²) in [5.41, 5.74) is -0.725. The molecule has 0 saturated carbocycles. The lowest BCUT2D eigenvalue weighted by Crippen LogP contribution is -2.39. The molecule has 0 aliphatic carbocycles. The van der Waals surface area contributed by atoms with Crippen molar-refractivity contribution < 1.29 is 17.9 Å². The third-order valence-electron chi connectivity index (χ3n) is 3.96. The SMILES string of the molecule is FC(F)(F)c1cc(Br)cnc1N1CCCC(COc2cnccn2)C1. The topological polar surface area (TPSA) is 51.1 Å². The minimum absolute atomic E-state index is 0.0279. The molecular formula is C16H16BrF3N4O. The number of alkyl halides is 3. The second kappa shape index (κ2) is 7.55. The molecule has 25 heavy (non-hydrogen) atoms. The maximum Gasteiger partial charge on any atom is 0.419 e. The van der Waals surface area contributed by atoms with Crippen LogP contribution in [0.5, 0.6) is 5.88 Å². The Morgan fingerprint density at radius 2 is 2.08 bits per heavy atom. The predicted octanol–water partition coefficient (Wildman–Crippen LogP) is 3.95. The van der Waals surface area contributed by atoms with Crippen LogP contribution in [-0.4, -0.2) is 34.6 Å². The lowest BCUT2D eigenvalue weighted by Gasteiger charge is -2.34. The van der Waals surface area contributed by atoms with Crippen LogP contribution >= 0.6 is 15.9 Å². The number of halogens is 4. The molecule has 3 rings (SSSR count). The van der Waals surface area contributed by atoms with Crippen molar-refractivity contribution in [1.29, 1.82) is 0 Å². The highest BCUT2D eigenvalue weighted by molar-refractivity contribution is 9.10. The van der Waals surface area contributed by atoms with E-state index >= 15 is 0 Å². The Hall–Kier alpha value is -1.90. The van der Waals surface area contributed by atoms with Gasteiger partial charge in [0, 0.05) is 42.1 Å². The summed E-state index contributed by atoms with van der Waals surface area (Å²) in [6.07, 6.45) is 3.20. The number of anilines is 1. The molecule has 134 valence electrons. The van der Waals surface area contributed by atoms with Gasteiger partial charge in [0.2, 0.25) is 5.88 Å². The van der Waals surface area contributed by atoms with Gasteiger partial charge in [0.05, 0.1) is 18.4 Å². The zero-order valence-electron chi connectivity index (χ0n) is 13.2. The van der Waals surface area contributed by atoms with E-state index in [1.54, 1.807) is 11.1 Å². The first-order chi connectivity index (χ1) is 11.9. The van der Waals surface area contributed by atoms with Crippen LogP contribution in [-0.2, 0) is 6.18 Å². The van der Waals surface area contributed by atoms with Gasteiger partial charge in [-0.05, 0) is 34.8 Å². The first kappa shape index (κ1) is 17.9. The number of rotatable bonds is 4. The standard InChI is InChI=1S/C16H16BrF3N4O/c17-12-6-13(16(18,19)20)15(23-7-12)24-5-1-2-11(9-24)10-25-14-8-21-3-4-22-14/h3-4,6-8,11H,1-2,5,9-10H2. The quantitative estimate of drug-likeness (QED) is 0.754. The van der Waals surface area contributed by atoms with Crippen LogP contribution in [0, 0.1) is 5.92 Å². The van der Waals surface area contributed by atoms with Gasteiger partial charge in [-0.15, -0.1) is 0 Å². The maximum atomic E-state index is 13.3. The Kier molecular flexibility index (Phi) is 5.41. The number of hydrogen-bond donors (Lipinski definition) is 0.